The molecule has 3 aliphatic rings. The third-order valence-corrected chi connectivity index (χ3v) is 16.4. The van der Waals surface area contributed by atoms with Gasteiger partial charge in [0, 0.05) is 34.0 Å². The normalized spacial score (nSPS) is 14.3. The van der Waals surface area contributed by atoms with Gasteiger partial charge in [0.25, 0.3) is 0 Å². The standard InChI is InChI=1S/C51H41BN2Si/c1-32-22-23-33(2)48(34(32)3)38-30-41-49-40-17-10-9-16-37(40)26-29-44(49)54(39-27-24-36(25-28-39)35-14-7-6-8-15-35)52-42-18-13-21-47-51(42)53(45(31-38)50(41)52)43-19-11-12-20-46(43)55(47,4)5/h6-31H,1-5H3. The van der Waals surface area contributed by atoms with Crippen LogP contribution in [-0.2, 0) is 0 Å². The zero-order valence-corrected chi connectivity index (χ0v) is 33.0. The first-order chi connectivity index (χ1) is 26.8. The summed E-state index contributed by atoms with van der Waals surface area (Å²) in [6, 6.07) is 59.8. The molecule has 262 valence electrons. The monoisotopic (exact) mass is 720 g/mol. The number of benzene rings is 8. The van der Waals surface area contributed by atoms with E-state index in [1.54, 1.807) is 0 Å². The minimum Gasteiger partial charge on any atom is -0.376 e. The highest BCUT2D eigenvalue weighted by molar-refractivity contribution is 7.04. The maximum absolute atomic E-state index is 2.66. The molecule has 0 radical (unpaired) electrons. The summed E-state index contributed by atoms with van der Waals surface area (Å²) in [6.45, 7) is 11.9. The van der Waals surface area contributed by atoms with E-state index in [9.17, 15) is 0 Å². The molecule has 0 aromatic heterocycles. The zero-order valence-electron chi connectivity index (χ0n) is 32.0. The number of para-hydroxylation sites is 2. The summed E-state index contributed by atoms with van der Waals surface area (Å²) in [7, 11) is -2.06. The summed E-state index contributed by atoms with van der Waals surface area (Å²) in [5.74, 6) is 0. The topological polar surface area (TPSA) is 6.48 Å². The minimum absolute atomic E-state index is 0.0174. The average Bonchev–Trinajstić information content (AvgIpc) is 3.22. The summed E-state index contributed by atoms with van der Waals surface area (Å²) < 4.78 is 0. The van der Waals surface area contributed by atoms with Gasteiger partial charge in [0.1, 0.15) is 8.07 Å². The second kappa shape index (κ2) is 11.7. The third-order valence-electron chi connectivity index (χ3n) is 12.9. The molecule has 0 aliphatic carbocycles. The highest BCUT2D eigenvalue weighted by atomic mass is 28.3. The van der Waals surface area contributed by atoms with Gasteiger partial charge in [0.2, 0.25) is 0 Å². The van der Waals surface area contributed by atoms with Gasteiger partial charge in [-0.15, -0.1) is 0 Å². The van der Waals surface area contributed by atoms with Crippen molar-refractivity contribution in [3.05, 3.63) is 174 Å². The van der Waals surface area contributed by atoms with E-state index >= 15 is 0 Å². The summed E-state index contributed by atoms with van der Waals surface area (Å²) in [6.07, 6.45) is 0. The second-order valence-electron chi connectivity index (χ2n) is 16.2. The molecule has 0 spiro atoms. The first-order valence-electron chi connectivity index (χ1n) is 19.6. The van der Waals surface area contributed by atoms with Crippen LogP contribution in [0.3, 0.4) is 0 Å². The molecule has 3 aliphatic heterocycles. The predicted molar refractivity (Wildman–Crippen MR) is 240 cm³/mol. The van der Waals surface area contributed by atoms with E-state index in [1.165, 1.54) is 111 Å². The van der Waals surface area contributed by atoms with E-state index in [0.717, 1.165) is 0 Å². The Kier molecular flexibility index (Phi) is 6.88. The summed E-state index contributed by atoms with van der Waals surface area (Å²) in [5, 5.41) is 5.55. The van der Waals surface area contributed by atoms with Crippen LogP contribution in [0.4, 0.5) is 28.4 Å². The fourth-order valence-electron chi connectivity index (χ4n) is 10.1. The zero-order chi connectivity index (χ0) is 37.2. The Bertz CT molecular complexity index is 2890. The molecule has 4 heteroatoms. The van der Waals surface area contributed by atoms with Crippen molar-refractivity contribution in [3.8, 4) is 33.4 Å². The Morgan fingerprint density at radius 3 is 2.05 bits per heavy atom. The molecule has 0 atom stereocenters. The van der Waals surface area contributed by atoms with Crippen LogP contribution in [0.5, 0.6) is 0 Å². The number of rotatable bonds is 3. The number of nitrogens with zero attached hydrogens (tertiary/aromatic N) is 2. The van der Waals surface area contributed by atoms with Crippen molar-refractivity contribution in [3.63, 3.8) is 0 Å². The van der Waals surface area contributed by atoms with Crippen LogP contribution >= 0.6 is 0 Å². The molecule has 0 saturated carbocycles. The van der Waals surface area contributed by atoms with Gasteiger partial charge in [-0.3, -0.25) is 0 Å². The molecule has 8 aromatic rings. The van der Waals surface area contributed by atoms with E-state index in [1.807, 2.05) is 0 Å². The number of hydrogen-bond acceptors (Lipinski definition) is 2. The molecule has 3 heterocycles. The van der Waals surface area contributed by atoms with Crippen molar-refractivity contribution >= 4 is 75.4 Å². The van der Waals surface area contributed by atoms with E-state index in [2.05, 4.69) is 201 Å². The molecule has 2 nitrogen and oxygen atoms in total. The van der Waals surface area contributed by atoms with Gasteiger partial charge < -0.3 is 9.71 Å². The van der Waals surface area contributed by atoms with Gasteiger partial charge in [-0.05, 0) is 134 Å². The van der Waals surface area contributed by atoms with Crippen molar-refractivity contribution in [2.24, 2.45) is 0 Å². The Hall–Kier alpha value is -6.10. The molecule has 0 saturated heterocycles. The van der Waals surface area contributed by atoms with Gasteiger partial charge in [-0.25, -0.2) is 0 Å². The largest absolute Gasteiger partial charge is 0.376 e. The summed E-state index contributed by atoms with van der Waals surface area (Å²) >= 11 is 0. The van der Waals surface area contributed by atoms with E-state index in [-0.39, 0.29) is 6.85 Å². The first-order valence-corrected chi connectivity index (χ1v) is 22.6. The lowest BCUT2D eigenvalue weighted by molar-refractivity contribution is 1.26. The van der Waals surface area contributed by atoms with Gasteiger partial charge >= 0.3 is 6.85 Å². The molecule has 0 unspecified atom stereocenters. The van der Waals surface area contributed by atoms with Crippen molar-refractivity contribution in [2.75, 3.05) is 9.71 Å². The van der Waals surface area contributed by atoms with E-state index < -0.39 is 8.07 Å². The van der Waals surface area contributed by atoms with Gasteiger partial charge in [0.05, 0.1) is 0 Å². The molecule has 11 rings (SSSR count). The third kappa shape index (κ3) is 4.49. The van der Waals surface area contributed by atoms with Crippen LogP contribution < -0.4 is 31.0 Å². The van der Waals surface area contributed by atoms with Crippen LogP contribution in [0.15, 0.2) is 158 Å². The van der Waals surface area contributed by atoms with Crippen molar-refractivity contribution in [1.29, 1.82) is 0 Å². The van der Waals surface area contributed by atoms with Crippen LogP contribution in [0.25, 0.3) is 44.2 Å². The molecule has 55 heavy (non-hydrogen) atoms. The highest BCUT2D eigenvalue weighted by Crippen LogP contribution is 2.51. The van der Waals surface area contributed by atoms with Gasteiger partial charge in [-0.2, -0.15) is 0 Å². The second-order valence-corrected chi connectivity index (χ2v) is 20.6. The Morgan fingerprint density at radius 2 is 1.22 bits per heavy atom. The Balaban J connectivity index is 1.29. The fourth-order valence-corrected chi connectivity index (χ4v) is 13.1. The lowest BCUT2D eigenvalue weighted by atomic mass is 9.43. The highest BCUT2D eigenvalue weighted by Gasteiger charge is 2.50. The quantitative estimate of drug-likeness (QED) is 0.168. The molecule has 0 fully saturated rings. The Morgan fingerprint density at radius 1 is 0.509 bits per heavy atom. The Labute approximate surface area is 325 Å². The maximum Gasteiger partial charge on any atom is 0.333 e. The first kappa shape index (κ1) is 32.3. The van der Waals surface area contributed by atoms with Crippen molar-refractivity contribution < 1.29 is 0 Å². The maximum atomic E-state index is 2.66. The smallest absolute Gasteiger partial charge is 0.333 e. The van der Waals surface area contributed by atoms with E-state index in [4.69, 9.17) is 0 Å². The molecule has 0 amide bonds. The lowest BCUT2D eigenvalue weighted by Gasteiger charge is -2.50. The predicted octanol–water partition coefficient (Wildman–Crippen LogP) is 10.9. The molecule has 8 aromatic carbocycles. The van der Waals surface area contributed by atoms with Gasteiger partial charge in [-0.1, -0.05) is 134 Å². The number of hydrogen-bond donors (Lipinski definition) is 0. The average molecular weight is 721 g/mol. The van der Waals surface area contributed by atoms with Gasteiger partial charge in [0.15, 0.2) is 0 Å². The molecular weight excluding hydrogens is 679 g/mol. The van der Waals surface area contributed by atoms with Crippen molar-refractivity contribution in [2.45, 2.75) is 33.9 Å². The number of aryl methyl sites for hydroxylation is 2. The SMILES string of the molecule is Cc1ccc(C)c(-c2cc3c4c(c2)N2c5ccccc5[Si](C)(C)c5cccc(c52)B4N(c2ccc(-c4ccccc4)cc2)c2ccc4ccccc4c2-3)c1C. The number of fused-ring (bicyclic) bond motifs is 8. The summed E-state index contributed by atoms with van der Waals surface area (Å²) in [4.78, 5) is 5.32. The van der Waals surface area contributed by atoms with Crippen LogP contribution in [-0.4, -0.2) is 14.9 Å². The van der Waals surface area contributed by atoms with Crippen LogP contribution in [0, 0.1) is 20.8 Å². The summed E-state index contributed by atoms with van der Waals surface area (Å²) in [5.41, 5.74) is 20.9. The molecule has 0 N–H and O–H groups in total. The number of anilines is 5. The molecular formula is C51H41BN2Si. The minimum atomic E-state index is -2.06. The van der Waals surface area contributed by atoms with Crippen molar-refractivity contribution in [1.82, 2.24) is 0 Å². The van der Waals surface area contributed by atoms with Crippen LogP contribution in [0.1, 0.15) is 16.7 Å². The molecule has 0 bridgehead atoms. The fraction of sp³-hybridized carbons (Fsp3) is 0.0980. The van der Waals surface area contributed by atoms with Crippen LogP contribution in [0.2, 0.25) is 13.1 Å². The lowest BCUT2D eigenvalue weighted by Crippen LogP contribution is -2.67. The van der Waals surface area contributed by atoms with E-state index in [0.29, 0.717) is 0 Å².